The highest BCUT2D eigenvalue weighted by atomic mass is 28.3. The van der Waals surface area contributed by atoms with E-state index < -0.39 is 14.2 Å². The molecule has 0 aliphatic carbocycles. The van der Waals surface area contributed by atoms with Crippen molar-refractivity contribution in [3.8, 4) is 47.0 Å². The van der Waals surface area contributed by atoms with Gasteiger partial charge in [-0.15, -0.1) is 5.54 Å². The van der Waals surface area contributed by atoms with Crippen LogP contribution in [0.15, 0.2) is 85.0 Å². The molecule has 2 aromatic carbocycles. The second kappa shape index (κ2) is 12.3. The topological polar surface area (TPSA) is 20.2 Å². The van der Waals surface area contributed by atoms with Gasteiger partial charge in [-0.25, -0.2) is 0 Å². The first-order chi connectivity index (χ1) is 15.4. The van der Waals surface area contributed by atoms with Gasteiger partial charge >= 0.3 is 0 Å². The van der Waals surface area contributed by atoms with E-state index in [9.17, 15) is 0 Å². The highest BCUT2D eigenvalue weighted by Gasteiger charge is 2.46. The fraction of sp³-hybridized carbons (Fsp3) is 0.200. The van der Waals surface area contributed by atoms with E-state index in [0.717, 1.165) is 0 Å². The summed E-state index contributed by atoms with van der Waals surface area (Å²) in [6.45, 7) is 8.48. The minimum absolute atomic E-state index is 0.0316. The standard InChI is InChI=1S/C30H28OSi/c1-27(31)21-15-11-9-7-5-6-8-10-12-20-26-32(30(2,3)4,28-22-16-13-17-23-28)29-24-18-14-19-25-29/h9,11,13-19,21-25,27,31H,1-4H3/b11-9-,21-15+. The Labute approximate surface area is 194 Å². The molecular formula is C30H28OSi. The molecule has 0 aromatic heterocycles. The second-order valence-electron chi connectivity index (χ2n) is 8.24. The first-order valence-electron chi connectivity index (χ1n) is 10.5. The Bertz CT molecular complexity index is 1140. The Morgan fingerprint density at radius 1 is 0.750 bits per heavy atom. The molecule has 2 aromatic rings. The van der Waals surface area contributed by atoms with Crippen LogP contribution >= 0.6 is 0 Å². The van der Waals surface area contributed by atoms with Crippen LogP contribution in [-0.4, -0.2) is 19.3 Å². The number of allylic oxidation sites excluding steroid dienone is 3. The predicted molar refractivity (Wildman–Crippen MR) is 139 cm³/mol. The van der Waals surface area contributed by atoms with Gasteiger partial charge in [-0.3, -0.25) is 0 Å². The average molecular weight is 433 g/mol. The molecule has 0 saturated heterocycles. The van der Waals surface area contributed by atoms with Gasteiger partial charge in [-0.1, -0.05) is 106 Å². The lowest BCUT2D eigenvalue weighted by Crippen LogP contribution is -2.63. The average Bonchev–Trinajstić information content (AvgIpc) is 2.77. The summed E-state index contributed by atoms with van der Waals surface area (Å²) in [6, 6.07) is 21.2. The van der Waals surface area contributed by atoms with E-state index in [1.807, 2.05) is 12.1 Å². The molecular weight excluding hydrogens is 404 g/mol. The Hall–Kier alpha value is -3.66. The van der Waals surface area contributed by atoms with Crippen LogP contribution in [0, 0.1) is 47.0 Å². The van der Waals surface area contributed by atoms with Crippen LogP contribution in [0.2, 0.25) is 5.04 Å². The van der Waals surface area contributed by atoms with Gasteiger partial charge in [0.15, 0.2) is 0 Å². The smallest absolute Gasteiger partial charge is 0.205 e. The van der Waals surface area contributed by atoms with Gasteiger partial charge in [-0.05, 0) is 63.9 Å². The van der Waals surface area contributed by atoms with Gasteiger partial charge in [0.05, 0.1) is 6.10 Å². The van der Waals surface area contributed by atoms with Crippen LogP contribution < -0.4 is 10.4 Å². The number of aliphatic hydroxyl groups excluding tert-OH is 1. The first-order valence-corrected chi connectivity index (χ1v) is 12.5. The maximum Gasteiger partial charge on any atom is 0.205 e. The fourth-order valence-electron chi connectivity index (χ4n) is 3.40. The summed E-state index contributed by atoms with van der Waals surface area (Å²) in [6.07, 6.45) is 6.37. The van der Waals surface area contributed by atoms with Crippen LogP contribution in [0.3, 0.4) is 0 Å². The van der Waals surface area contributed by atoms with Gasteiger partial charge in [0.1, 0.15) is 0 Å². The van der Waals surface area contributed by atoms with Crippen molar-refractivity contribution in [1.29, 1.82) is 0 Å². The zero-order chi connectivity index (χ0) is 23.3. The fourth-order valence-corrected chi connectivity index (χ4v) is 7.76. The predicted octanol–water partition coefficient (Wildman–Crippen LogP) is 4.10. The normalized spacial score (nSPS) is 11.8. The van der Waals surface area contributed by atoms with Gasteiger partial charge in [0.2, 0.25) is 8.07 Å². The molecule has 2 rings (SSSR count). The van der Waals surface area contributed by atoms with Gasteiger partial charge in [0, 0.05) is 0 Å². The quantitative estimate of drug-likeness (QED) is 0.438. The molecule has 1 nitrogen and oxygen atoms in total. The summed E-state index contributed by atoms with van der Waals surface area (Å²) < 4.78 is 0. The Balaban J connectivity index is 2.33. The molecule has 0 bridgehead atoms. The molecule has 1 unspecified atom stereocenters. The molecule has 0 radical (unpaired) electrons. The van der Waals surface area contributed by atoms with Crippen molar-refractivity contribution in [2.45, 2.75) is 38.8 Å². The first kappa shape index (κ1) is 24.6. The van der Waals surface area contributed by atoms with E-state index in [2.05, 4.69) is 116 Å². The summed E-state index contributed by atoms with van der Waals surface area (Å²) in [5, 5.41) is 11.6. The van der Waals surface area contributed by atoms with Gasteiger partial charge < -0.3 is 5.11 Å². The van der Waals surface area contributed by atoms with E-state index in [0.29, 0.717) is 0 Å². The summed E-state index contributed by atoms with van der Waals surface area (Å²) in [5.41, 5.74) is 3.61. The highest BCUT2D eigenvalue weighted by molar-refractivity contribution is 7.10. The third kappa shape index (κ3) is 6.95. The third-order valence-corrected chi connectivity index (χ3v) is 10.0. The third-order valence-electron chi connectivity index (χ3n) is 4.85. The number of hydrogen-bond acceptors (Lipinski definition) is 1. The second-order valence-corrected chi connectivity index (χ2v) is 12.6. The van der Waals surface area contributed by atoms with Crippen LogP contribution in [0.1, 0.15) is 27.7 Å². The van der Waals surface area contributed by atoms with Crippen LogP contribution in [0.4, 0.5) is 0 Å². The Kier molecular flexibility index (Phi) is 9.42. The molecule has 0 spiro atoms. The lowest BCUT2D eigenvalue weighted by molar-refractivity contribution is 0.244. The molecule has 0 amide bonds. The van der Waals surface area contributed by atoms with E-state index in [1.165, 1.54) is 10.4 Å². The Morgan fingerprint density at radius 3 is 1.75 bits per heavy atom. The maximum atomic E-state index is 9.12. The minimum Gasteiger partial charge on any atom is -0.389 e. The molecule has 2 heteroatoms. The van der Waals surface area contributed by atoms with Gasteiger partial charge in [-0.2, -0.15) is 0 Å². The highest BCUT2D eigenvalue weighted by Crippen LogP contribution is 2.35. The monoisotopic (exact) mass is 432 g/mol. The molecule has 0 aliphatic heterocycles. The van der Waals surface area contributed by atoms with Crippen molar-refractivity contribution in [2.75, 3.05) is 0 Å². The van der Waals surface area contributed by atoms with E-state index >= 15 is 0 Å². The van der Waals surface area contributed by atoms with Gasteiger partial charge in [0.25, 0.3) is 0 Å². The van der Waals surface area contributed by atoms with E-state index in [4.69, 9.17) is 5.11 Å². The number of aliphatic hydroxyl groups is 1. The summed E-state index contributed by atoms with van der Waals surface area (Å²) in [4.78, 5) is 0. The Morgan fingerprint density at radius 2 is 1.25 bits per heavy atom. The summed E-state index contributed by atoms with van der Waals surface area (Å²) >= 11 is 0. The van der Waals surface area contributed by atoms with Crippen molar-refractivity contribution >= 4 is 18.4 Å². The molecule has 0 heterocycles. The van der Waals surface area contributed by atoms with Crippen LogP contribution in [0.5, 0.6) is 0 Å². The molecule has 158 valence electrons. The van der Waals surface area contributed by atoms with Crippen molar-refractivity contribution < 1.29 is 5.11 Å². The van der Waals surface area contributed by atoms with Crippen molar-refractivity contribution in [3.63, 3.8) is 0 Å². The van der Waals surface area contributed by atoms with Crippen molar-refractivity contribution in [1.82, 2.24) is 0 Å². The molecule has 0 saturated carbocycles. The molecule has 0 aliphatic rings. The van der Waals surface area contributed by atoms with Crippen LogP contribution in [0.25, 0.3) is 0 Å². The molecule has 1 atom stereocenters. The zero-order valence-corrected chi connectivity index (χ0v) is 20.1. The molecule has 32 heavy (non-hydrogen) atoms. The summed E-state index contributed by atoms with van der Waals surface area (Å²) in [7, 11) is -2.42. The zero-order valence-electron chi connectivity index (χ0n) is 19.1. The van der Waals surface area contributed by atoms with Crippen molar-refractivity contribution in [2.24, 2.45) is 0 Å². The number of rotatable bonds is 4. The maximum absolute atomic E-state index is 9.12. The number of benzene rings is 2. The lowest BCUT2D eigenvalue weighted by Gasteiger charge is -2.39. The molecule has 0 fully saturated rings. The number of hydrogen-bond donors (Lipinski definition) is 1. The van der Waals surface area contributed by atoms with E-state index in [1.54, 1.807) is 31.2 Å². The molecule has 1 N–H and O–H groups in total. The van der Waals surface area contributed by atoms with Crippen molar-refractivity contribution in [3.05, 3.63) is 85.0 Å². The van der Waals surface area contributed by atoms with Crippen LogP contribution in [-0.2, 0) is 0 Å². The van der Waals surface area contributed by atoms with E-state index in [-0.39, 0.29) is 5.04 Å². The largest absolute Gasteiger partial charge is 0.389 e. The SMILES string of the molecule is CC(O)/C=C/C=C\C#CC#CC#CC#C[Si](c1ccccc1)(c1ccccc1)C(C)(C)C. The lowest BCUT2D eigenvalue weighted by atomic mass is 10.2. The minimum atomic E-state index is -2.42. The summed E-state index contributed by atoms with van der Waals surface area (Å²) in [5.74, 6) is 19.8.